The van der Waals surface area contributed by atoms with Crippen LogP contribution in [0.2, 0.25) is 0 Å². The molecule has 0 aromatic rings. The van der Waals surface area contributed by atoms with Crippen molar-refractivity contribution in [1.82, 2.24) is 0 Å². The van der Waals surface area contributed by atoms with E-state index in [9.17, 15) is 4.79 Å². The normalized spacial score (nSPS) is 10.4. The average Bonchev–Trinajstić information content (AvgIpc) is 2.15. The highest BCUT2D eigenvalue weighted by atomic mass is 16.5. The zero-order valence-corrected chi connectivity index (χ0v) is 8.07. The number of carbonyl (C=O) groups excluding carboxylic acids is 1. The van der Waals surface area contributed by atoms with Crippen molar-refractivity contribution in [1.29, 1.82) is 0 Å². The van der Waals surface area contributed by atoms with E-state index in [1.54, 1.807) is 6.08 Å². The van der Waals surface area contributed by atoms with Crippen LogP contribution in [0.3, 0.4) is 0 Å². The van der Waals surface area contributed by atoms with Gasteiger partial charge in [0.05, 0.1) is 12.1 Å². The maximum absolute atomic E-state index is 11.0. The van der Waals surface area contributed by atoms with Crippen molar-refractivity contribution in [2.45, 2.75) is 6.42 Å². The maximum Gasteiger partial charge on any atom is 0.312 e. The highest BCUT2D eigenvalue weighted by Gasteiger charge is 2.03. The molecule has 0 aromatic heterocycles. The van der Waals surface area contributed by atoms with Crippen LogP contribution in [0.15, 0.2) is 37.3 Å². The molecule has 0 amide bonds. The van der Waals surface area contributed by atoms with Gasteiger partial charge in [0.15, 0.2) is 0 Å². The van der Waals surface area contributed by atoms with Crippen LogP contribution in [0.1, 0.15) is 6.42 Å². The second-order valence-electron chi connectivity index (χ2n) is 2.46. The molecule has 4 heteroatoms. The summed E-state index contributed by atoms with van der Waals surface area (Å²) in [5.74, 6) is -0.402. The summed E-state index contributed by atoms with van der Waals surface area (Å²) in [5.41, 5.74) is 5.78. The summed E-state index contributed by atoms with van der Waals surface area (Å²) < 4.78 is 9.63. The number of rotatable bonds is 7. The first-order valence-corrected chi connectivity index (χ1v) is 4.14. The standard InChI is InChI=1S/C10H15NO3/c1-3-5-13-8-9(11)7-10(12)14-6-4-2/h3-4,8H,1-2,5-7,11H2. The van der Waals surface area contributed by atoms with E-state index in [1.165, 1.54) is 12.3 Å². The Bertz CT molecular complexity index is 234. The van der Waals surface area contributed by atoms with Gasteiger partial charge in [-0.3, -0.25) is 4.79 Å². The Morgan fingerprint density at radius 1 is 1.29 bits per heavy atom. The van der Waals surface area contributed by atoms with E-state index in [0.29, 0.717) is 12.3 Å². The summed E-state index contributed by atoms with van der Waals surface area (Å²) >= 11 is 0. The molecular formula is C10H15NO3. The third-order valence-electron chi connectivity index (χ3n) is 1.16. The summed E-state index contributed by atoms with van der Waals surface area (Å²) in [4.78, 5) is 11.0. The minimum absolute atomic E-state index is 0.0188. The minimum Gasteiger partial charge on any atom is -0.495 e. The van der Waals surface area contributed by atoms with E-state index in [1.807, 2.05) is 0 Å². The first-order chi connectivity index (χ1) is 6.70. The summed E-state index contributed by atoms with van der Waals surface area (Å²) in [5, 5.41) is 0. The van der Waals surface area contributed by atoms with Gasteiger partial charge >= 0.3 is 5.97 Å². The lowest BCUT2D eigenvalue weighted by Gasteiger charge is -2.02. The van der Waals surface area contributed by atoms with Crippen LogP contribution in [0.25, 0.3) is 0 Å². The van der Waals surface area contributed by atoms with Crippen molar-refractivity contribution < 1.29 is 14.3 Å². The van der Waals surface area contributed by atoms with Gasteiger partial charge in [0.2, 0.25) is 0 Å². The lowest BCUT2D eigenvalue weighted by Crippen LogP contribution is -2.10. The first kappa shape index (κ1) is 12.3. The summed E-state index contributed by atoms with van der Waals surface area (Å²) in [7, 11) is 0. The summed E-state index contributed by atoms with van der Waals surface area (Å²) in [6.45, 7) is 7.43. The number of hydrogen-bond donors (Lipinski definition) is 1. The van der Waals surface area contributed by atoms with Crippen molar-refractivity contribution in [2.75, 3.05) is 13.2 Å². The summed E-state index contributed by atoms with van der Waals surface area (Å²) in [6.07, 6.45) is 4.41. The predicted octanol–water partition coefficient (Wildman–Crippen LogP) is 1.11. The van der Waals surface area contributed by atoms with E-state index in [2.05, 4.69) is 13.2 Å². The number of ether oxygens (including phenoxy) is 2. The molecule has 0 atom stereocenters. The summed E-state index contributed by atoms with van der Waals surface area (Å²) in [6, 6.07) is 0. The van der Waals surface area contributed by atoms with Gasteiger partial charge in [-0.15, -0.1) is 0 Å². The number of nitrogens with two attached hydrogens (primary N) is 1. The van der Waals surface area contributed by atoms with Crippen LogP contribution in [0.4, 0.5) is 0 Å². The first-order valence-electron chi connectivity index (χ1n) is 4.14. The molecule has 0 radical (unpaired) electrons. The van der Waals surface area contributed by atoms with Gasteiger partial charge in [-0.05, 0) is 0 Å². The second kappa shape index (κ2) is 7.91. The van der Waals surface area contributed by atoms with E-state index in [-0.39, 0.29) is 13.0 Å². The zero-order valence-electron chi connectivity index (χ0n) is 8.07. The molecule has 78 valence electrons. The van der Waals surface area contributed by atoms with Gasteiger partial charge in [-0.1, -0.05) is 25.3 Å². The van der Waals surface area contributed by atoms with E-state index in [0.717, 1.165) is 0 Å². The Hall–Kier alpha value is -1.71. The fourth-order valence-corrected chi connectivity index (χ4v) is 0.634. The fraction of sp³-hybridized carbons (Fsp3) is 0.300. The van der Waals surface area contributed by atoms with Gasteiger partial charge in [0.25, 0.3) is 0 Å². The van der Waals surface area contributed by atoms with E-state index in [4.69, 9.17) is 15.2 Å². The molecule has 2 N–H and O–H groups in total. The van der Waals surface area contributed by atoms with Gasteiger partial charge in [-0.2, -0.15) is 0 Å². The number of esters is 1. The smallest absolute Gasteiger partial charge is 0.312 e. The molecule has 0 heterocycles. The van der Waals surface area contributed by atoms with Crippen LogP contribution < -0.4 is 5.73 Å². The SMILES string of the molecule is C=CCOC=C(N)CC(=O)OCC=C. The van der Waals surface area contributed by atoms with E-state index < -0.39 is 5.97 Å². The molecule has 14 heavy (non-hydrogen) atoms. The van der Waals surface area contributed by atoms with Crippen LogP contribution >= 0.6 is 0 Å². The molecule has 0 unspecified atom stereocenters. The monoisotopic (exact) mass is 197 g/mol. The lowest BCUT2D eigenvalue weighted by molar-refractivity contribution is -0.141. The van der Waals surface area contributed by atoms with Crippen molar-refractivity contribution in [3.8, 4) is 0 Å². The molecule has 0 saturated carbocycles. The average molecular weight is 197 g/mol. The van der Waals surface area contributed by atoms with Crippen LogP contribution in [0, 0.1) is 0 Å². The van der Waals surface area contributed by atoms with Gasteiger partial charge < -0.3 is 15.2 Å². The molecule has 0 bridgehead atoms. The van der Waals surface area contributed by atoms with E-state index >= 15 is 0 Å². The molecule has 0 aliphatic carbocycles. The minimum atomic E-state index is -0.402. The van der Waals surface area contributed by atoms with Crippen molar-refractivity contribution in [3.63, 3.8) is 0 Å². The number of carbonyl (C=O) groups is 1. The third-order valence-corrected chi connectivity index (χ3v) is 1.16. The molecule has 0 saturated heterocycles. The molecule has 0 fully saturated rings. The van der Waals surface area contributed by atoms with Crippen molar-refractivity contribution in [3.05, 3.63) is 37.3 Å². The Morgan fingerprint density at radius 2 is 1.93 bits per heavy atom. The lowest BCUT2D eigenvalue weighted by atomic mass is 10.3. The van der Waals surface area contributed by atoms with Crippen LogP contribution in [-0.4, -0.2) is 19.2 Å². The molecule has 0 aliphatic heterocycles. The van der Waals surface area contributed by atoms with Gasteiger partial charge in [0.1, 0.15) is 19.5 Å². The quantitative estimate of drug-likeness (QED) is 0.287. The van der Waals surface area contributed by atoms with Crippen LogP contribution in [-0.2, 0) is 14.3 Å². The van der Waals surface area contributed by atoms with Crippen molar-refractivity contribution >= 4 is 5.97 Å². The Balaban J connectivity index is 3.73. The molecule has 0 aliphatic rings. The molecule has 0 spiro atoms. The predicted molar refractivity (Wildman–Crippen MR) is 54.2 cm³/mol. The maximum atomic E-state index is 11.0. The Morgan fingerprint density at radius 3 is 2.50 bits per heavy atom. The Kier molecular flexibility index (Phi) is 6.95. The van der Waals surface area contributed by atoms with Gasteiger partial charge in [0, 0.05) is 0 Å². The number of hydrogen-bond acceptors (Lipinski definition) is 4. The third kappa shape index (κ3) is 6.97. The second-order valence-corrected chi connectivity index (χ2v) is 2.46. The highest BCUT2D eigenvalue weighted by Crippen LogP contribution is 1.96. The molecular weight excluding hydrogens is 182 g/mol. The molecule has 4 nitrogen and oxygen atoms in total. The fourth-order valence-electron chi connectivity index (χ4n) is 0.634. The van der Waals surface area contributed by atoms with Gasteiger partial charge in [-0.25, -0.2) is 0 Å². The highest BCUT2D eigenvalue weighted by molar-refractivity contribution is 5.72. The zero-order chi connectivity index (χ0) is 10.8. The van der Waals surface area contributed by atoms with Crippen LogP contribution in [0.5, 0.6) is 0 Å². The van der Waals surface area contributed by atoms with Crippen molar-refractivity contribution in [2.24, 2.45) is 5.73 Å². The largest absolute Gasteiger partial charge is 0.495 e. The molecule has 0 aromatic carbocycles. The molecule has 0 rings (SSSR count). The topological polar surface area (TPSA) is 61.5 Å². The Labute approximate surface area is 83.7 Å².